The van der Waals surface area contributed by atoms with Gasteiger partial charge in [0.2, 0.25) is 0 Å². The van der Waals surface area contributed by atoms with Crippen molar-refractivity contribution >= 4 is 0 Å². The molecule has 4 aliphatic heterocycles. The standard InChI is InChI=1S/C23H38N2.2ClH/c1-24(13-6-3-7-14-24)15-8-16-25-17-11-22(12-18-25)23(20-25)19-21-9-4-2-5-10-21;;/h2,4-5,9-10,22-23H,3,6-8,11-20H2,1H3;2*1H/q+2;;/p-2. The Bertz CT molecular complexity index is 549. The second-order valence-electron chi connectivity index (χ2n) is 9.69. The maximum Gasteiger partial charge on any atom is 0.0841 e. The zero-order chi connectivity index (χ0) is 17.2. The molecule has 1 atom stereocenters. The Morgan fingerprint density at radius 1 is 0.852 bits per heavy atom. The first-order valence-electron chi connectivity index (χ1n) is 10.9. The molecule has 0 spiro atoms. The quantitative estimate of drug-likeness (QED) is 0.479. The maximum absolute atomic E-state index is 2.51. The highest BCUT2D eigenvalue weighted by molar-refractivity contribution is 5.15. The third kappa shape index (κ3) is 5.63. The molecule has 27 heavy (non-hydrogen) atoms. The van der Waals surface area contributed by atoms with Crippen LogP contribution >= 0.6 is 0 Å². The smallest absolute Gasteiger partial charge is 0.0841 e. The topological polar surface area (TPSA) is 0 Å². The second-order valence-corrected chi connectivity index (χ2v) is 9.69. The Labute approximate surface area is 179 Å². The summed E-state index contributed by atoms with van der Waals surface area (Å²) in [6, 6.07) is 11.2. The largest absolute Gasteiger partial charge is 1.00 e. The molecule has 5 rings (SSSR count). The molecule has 4 saturated heterocycles. The average molecular weight is 413 g/mol. The van der Waals surface area contributed by atoms with Crippen LogP contribution in [0.3, 0.4) is 0 Å². The van der Waals surface area contributed by atoms with Gasteiger partial charge in [0.05, 0.1) is 52.9 Å². The fourth-order valence-corrected chi connectivity index (χ4v) is 6.19. The molecular weight excluding hydrogens is 375 g/mol. The fraction of sp³-hybridized carbons (Fsp3) is 0.739. The van der Waals surface area contributed by atoms with E-state index in [1.54, 1.807) is 5.56 Å². The Morgan fingerprint density at radius 3 is 2.19 bits per heavy atom. The number of hydrogen-bond acceptors (Lipinski definition) is 0. The lowest BCUT2D eigenvalue weighted by atomic mass is 9.74. The van der Waals surface area contributed by atoms with Crippen molar-refractivity contribution in [1.29, 1.82) is 0 Å². The van der Waals surface area contributed by atoms with Crippen molar-refractivity contribution in [2.45, 2.75) is 44.9 Å². The molecule has 0 radical (unpaired) electrons. The van der Waals surface area contributed by atoms with Crippen molar-refractivity contribution in [3.8, 4) is 0 Å². The lowest BCUT2D eigenvalue weighted by Gasteiger charge is -2.53. The van der Waals surface area contributed by atoms with Gasteiger partial charge in [0, 0.05) is 25.2 Å². The number of halogens is 2. The minimum atomic E-state index is 0. The predicted molar refractivity (Wildman–Crippen MR) is 105 cm³/mol. The summed E-state index contributed by atoms with van der Waals surface area (Å²) < 4.78 is 2.81. The molecule has 1 aromatic rings. The van der Waals surface area contributed by atoms with Gasteiger partial charge in [-0.25, -0.2) is 0 Å². The zero-order valence-corrected chi connectivity index (χ0v) is 18.6. The van der Waals surface area contributed by atoms with Crippen LogP contribution in [0.25, 0.3) is 0 Å². The van der Waals surface area contributed by atoms with Crippen molar-refractivity contribution in [2.24, 2.45) is 11.8 Å². The molecular formula is C23H38Cl2N2. The molecule has 0 N–H and O–H groups in total. The molecule has 0 saturated carbocycles. The van der Waals surface area contributed by atoms with Gasteiger partial charge in [-0.3, -0.25) is 0 Å². The number of benzene rings is 1. The molecule has 0 aliphatic carbocycles. The molecule has 0 amide bonds. The summed E-state index contributed by atoms with van der Waals surface area (Å²) in [6.45, 7) is 10.1. The number of piperidine rings is 4. The molecule has 4 aliphatic rings. The van der Waals surface area contributed by atoms with Crippen LogP contribution in [-0.2, 0) is 6.42 Å². The van der Waals surface area contributed by atoms with E-state index in [-0.39, 0.29) is 24.8 Å². The monoisotopic (exact) mass is 412 g/mol. The maximum atomic E-state index is 2.51. The third-order valence-electron chi connectivity index (χ3n) is 7.80. The molecule has 154 valence electrons. The first kappa shape index (κ1) is 23.0. The fourth-order valence-electron chi connectivity index (χ4n) is 6.19. The Balaban J connectivity index is 0.00000131. The van der Waals surface area contributed by atoms with Gasteiger partial charge < -0.3 is 33.8 Å². The van der Waals surface area contributed by atoms with Gasteiger partial charge in [-0.1, -0.05) is 30.3 Å². The van der Waals surface area contributed by atoms with Gasteiger partial charge in [0.25, 0.3) is 0 Å². The summed E-state index contributed by atoms with van der Waals surface area (Å²) in [4.78, 5) is 0. The molecule has 1 unspecified atom stereocenters. The molecule has 0 aromatic heterocycles. The summed E-state index contributed by atoms with van der Waals surface area (Å²) >= 11 is 0. The molecule has 4 heteroatoms. The minimum Gasteiger partial charge on any atom is -1.00 e. The Morgan fingerprint density at radius 2 is 1.52 bits per heavy atom. The minimum absolute atomic E-state index is 0. The average Bonchev–Trinajstić information content (AvgIpc) is 2.64. The van der Waals surface area contributed by atoms with Gasteiger partial charge in [0.15, 0.2) is 0 Å². The number of quaternary nitrogens is 2. The van der Waals surface area contributed by atoms with Crippen LogP contribution in [-0.4, -0.2) is 61.8 Å². The summed E-state index contributed by atoms with van der Waals surface area (Å²) in [5.41, 5.74) is 1.56. The molecule has 1 aromatic carbocycles. The van der Waals surface area contributed by atoms with Crippen LogP contribution in [0.1, 0.15) is 44.1 Å². The van der Waals surface area contributed by atoms with E-state index >= 15 is 0 Å². The van der Waals surface area contributed by atoms with E-state index < -0.39 is 0 Å². The van der Waals surface area contributed by atoms with Crippen LogP contribution in [0.5, 0.6) is 0 Å². The van der Waals surface area contributed by atoms with Crippen LogP contribution in [0.2, 0.25) is 0 Å². The van der Waals surface area contributed by atoms with E-state index in [0.717, 1.165) is 11.8 Å². The van der Waals surface area contributed by atoms with E-state index in [2.05, 4.69) is 37.4 Å². The van der Waals surface area contributed by atoms with E-state index in [1.807, 2.05) is 0 Å². The van der Waals surface area contributed by atoms with Crippen molar-refractivity contribution in [2.75, 3.05) is 52.9 Å². The van der Waals surface area contributed by atoms with E-state index in [0.29, 0.717) is 0 Å². The highest BCUT2D eigenvalue weighted by atomic mass is 35.5. The predicted octanol–water partition coefficient (Wildman–Crippen LogP) is -1.89. The van der Waals surface area contributed by atoms with Gasteiger partial charge in [-0.05, 0) is 37.2 Å². The zero-order valence-electron chi connectivity index (χ0n) is 17.1. The SMILES string of the molecule is C[N+]1(CCC[N+]23CCC(CC2)C(Cc2ccccc2)C3)CCCCC1.[Cl-].[Cl-]. The number of nitrogens with zero attached hydrogens (tertiary/aromatic N) is 2. The van der Waals surface area contributed by atoms with Gasteiger partial charge in [0.1, 0.15) is 0 Å². The first-order chi connectivity index (χ1) is 12.2. The van der Waals surface area contributed by atoms with E-state index in [1.165, 1.54) is 99.7 Å². The van der Waals surface area contributed by atoms with Gasteiger partial charge in [-0.2, -0.15) is 0 Å². The van der Waals surface area contributed by atoms with Crippen molar-refractivity contribution in [3.63, 3.8) is 0 Å². The lowest BCUT2D eigenvalue weighted by Crippen LogP contribution is -3.00. The van der Waals surface area contributed by atoms with Gasteiger partial charge >= 0.3 is 0 Å². The second kappa shape index (κ2) is 9.96. The summed E-state index contributed by atoms with van der Waals surface area (Å²) in [7, 11) is 2.51. The first-order valence-corrected chi connectivity index (χ1v) is 10.9. The lowest BCUT2D eigenvalue weighted by molar-refractivity contribution is -0.954. The number of rotatable bonds is 6. The van der Waals surface area contributed by atoms with E-state index in [4.69, 9.17) is 0 Å². The molecule has 4 heterocycles. The highest BCUT2D eigenvalue weighted by Crippen LogP contribution is 2.39. The highest BCUT2D eigenvalue weighted by Gasteiger charge is 2.45. The van der Waals surface area contributed by atoms with Crippen LogP contribution in [0.15, 0.2) is 30.3 Å². The van der Waals surface area contributed by atoms with Crippen molar-refractivity contribution < 1.29 is 33.8 Å². The van der Waals surface area contributed by atoms with Crippen LogP contribution < -0.4 is 24.8 Å². The molecule has 2 bridgehead atoms. The van der Waals surface area contributed by atoms with Crippen molar-refractivity contribution in [1.82, 2.24) is 0 Å². The number of likely N-dealkylation sites (tertiary alicyclic amines) is 1. The Hall–Kier alpha value is -0.280. The van der Waals surface area contributed by atoms with Crippen LogP contribution in [0, 0.1) is 11.8 Å². The van der Waals surface area contributed by atoms with E-state index in [9.17, 15) is 0 Å². The summed E-state index contributed by atoms with van der Waals surface area (Å²) in [5, 5.41) is 0. The summed E-state index contributed by atoms with van der Waals surface area (Å²) in [5.74, 6) is 1.94. The normalized spacial score (nSPS) is 31.6. The van der Waals surface area contributed by atoms with Crippen LogP contribution in [0.4, 0.5) is 0 Å². The molecule has 2 nitrogen and oxygen atoms in total. The Kier molecular flexibility index (Phi) is 8.49. The third-order valence-corrected chi connectivity index (χ3v) is 7.80. The molecule has 4 fully saturated rings. The number of fused-ring (bicyclic) bond motifs is 3. The number of hydrogen-bond donors (Lipinski definition) is 0. The van der Waals surface area contributed by atoms with Crippen molar-refractivity contribution in [3.05, 3.63) is 35.9 Å². The van der Waals surface area contributed by atoms with Gasteiger partial charge in [-0.15, -0.1) is 0 Å². The summed E-state index contributed by atoms with van der Waals surface area (Å²) in [6.07, 6.45) is 10.1.